The van der Waals surface area contributed by atoms with E-state index in [1.807, 2.05) is 0 Å². The van der Waals surface area contributed by atoms with E-state index in [1.165, 1.54) is 0 Å². The minimum absolute atomic E-state index is 0.285. The molecule has 0 aliphatic heterocycles. The van der Waals surface area contributed by atoms with Crippen molar-refractivity contribution in [2.45, 2.75) is 6.42 Å². The Labute approximate surface area is 54.4 Å². The van der Waals surface area contributed by atoms with Gasteiger partial charge in [-0.3, -0.25) is 4.79 Å². The molecule has 1 N–H and O–H groups in total. The van der Waals surface area contributed by atoms with Crippen molar-refractivity contribution in [3.05, 3.63) is 12.7 Å². The summed E-state index contributed by atoms with van der Waals surface area (Å²) in [6.07, 6.45) is 2.54. The molecule has 0 aliphatic rings. The Kier molecular flexibility index (Phi) is 4.45. The monoisotopic (exact) mass is 131 g/mol. The number of carbonyl (C=O) groups excluding carboxylic acids is 1. The number of rotatable bonds is 3. The van der Waals surface area contributed by atoms with Crippen LogP contribution in [-0.2, 0) is 0 Å². The van der Waals surface area contributed by atoms with Crippen LogP contribution in [0.3, 0.4) is 0 Å². The number of amides is 1. The van der Waals surface area contributed by atoms with Crippen molar-refractivity contribution in [2.24, 2.45) is 0 Å². The molecule has 0 spiro atoms. The fourth-order valence-electron chi connectivity index (χ4n) is 0.281. The zero-order valence-electron chi connectivity index (χ0n) is 4.55. The quantitative estimate of drug-likeness (QED) is 0.336. The summed E-state index contributed by atoms with van der Waals surface area (Å²) in [5.41, 5.74) is 0. The van der Waals surface area contributed by atoms with Gasteiger partial charge in [-0.25, -0.2) is 0 Å². The lowest BCUT2D eigenvalue weighted by atomic mass is 10.4. The van der Waals surface area contributed by atoms with Crippen molar-refractivity contribution < 1.29 is 4.79 Å². The van der Waals surface area contributed by atoms with Crippen LogP contribution >= 0.6 is 12.6 Å². The van der Waals surface area contributed by atoms with E-state index in [9.17, 15) is 4.79 Å². The van der Waals surface area contributed by atoms with Gasteiger partial charge in [-0.1, -0.05) is 18.7 Å². The van der Waals surface area contributed by atoms with Gasteiger partial charge >= 0.3 is 0 Å². The summed E-state index contributed by atoms with van der Waals surface area (Å²) in [6.45, 7) is 4.11. The van der Waals surface area contributed by atoms with Crippen molar-refractivity contribution in [1.29, 1.82) is 0 Å². The van der Waals surface area contributed by atoms with Crippen LogP contribution in [-0.4, -0.2) is 11.8 Å². The first kappa shape index (κ1) is 7.56. The highest BCUT2D eigenvalue weighted by molar-refractivity contribution is 7.96. The first-order valence-electron chi connectivity index (χ1n) is 2.35. The van der Waals surface area contributed by atoms with Gasteiger partial charge in [0.05, 0.1) is 0 Å². The summed E-state index contributed by atoms with van der Waals surface area (Å²) < 4.78 is 0. The normalized spacial score (nSPS) is 8.12. The minimum Gasteiger partial charge on any atom is -0.347 e. The number of nitrogens with one attached hydrogen (secondary N) is 1. The first-order valence-corrected chi connectivity index (χ1v) is 2.79. The van der Waals surface area contributed by atoms with Gasteiger partial charge in [0, 0.05) is 6.54 Å². The summed E-state index contributed by atoms with van der Waals surface area (Å²) in [6, 6.07) is 0. The van der Waals surface area contributed by atoms with E-state index in [1.54, 1.807) is 6.08 Å². The van der Waals surface area contributed by atoms with Gasteiger partial charge in [-0.2, -0.15) is 0 Å². The van der Waals surface area contributed by atoms with Gasteiger partial charge < -0.3 is 5.32 Å². The molecule has 8 heavy (non-hydrogen) atoms. The van der Waals surface area contributed by atoms with E-state index in [0.717, 1.165) is 6.42 Å². The zero-order valence-corrected chi connectivity index (χ0v) is 5.45. The largest absolute Gasteiger partial charge is 0.347 e. The van der Waals surface area contributed by atoms with Crippen LogP contribution in [0.2, 0.25) is 0 Å². The topological polar surface area (TPSA) is 29.1 Å². The molecule has 0 rings (SSSR count). The highest BCUT2D eigenvalue weighted by Gasteiger charge is 1.85. The summed E-state index contributed by atoms with van der Waals surface area (Å²) in [7, 11) is 0. The Balaban J connectivity index is 2.93. The van der Waals surface area contributed by atoms with Crippen molar-refractivity contribution in [2.75, 3.05) is 6.54 Å². The van der Waals surface area contributed by atoms with Crippen LogP contribution < -0.4 is 5.32 Å². The third-order valence-electron chi connectivity index (χ3n) is 0.625. The predicted octanol–water partition coefficient (Wildman–Crippen LogP) is 1.20. The highest BCUT2D eigenvalue weighted by atomic mass is 32.1. The molecule has 3 heteroatoms. The molecular formula is C5H9NOS. The zero-order chi connectivity index (χ0) is 6.41. The van der Waals surface area contributed by atoms with Crippen LogP contribution in [0.5, 0.6) is 0 Å². The molecule has 2 nitrogen and oxygen atoms in total. The van der Waals surface area contributed by atoms with Crippen LogP contribution in [0.4, 0.5) is 4.79 Å². The summed E-state index contributed by atoms with van der Waals surface area (Å²) in [5, 5.41) is 2.22. The summed E-state index contributed by atoms with van der Waals surface area (Å²) in [4.78, 5) is 10.0. The van der Waals surface area contributed by atoms with E-state index in [2.05, 4.69) is 24.5 Å². The lowest BCUT2D eigenvalue weighted by Gasteiger charge is -1.93. The fourth-order valence-corrected chi connectivity index (χ4v) is 0.393. The minimum atomic E-state index is -0.285. The van der Waals surface area contributed by atoms with Crippen LogP contribution in [0.1, 0.15) is 6.42 Å². The summed E-state index contributed by atoms with van der Waals surface area (Å²) in [5.74, 6) is 0. The van der Waals surface area contributed by atoms with Gasteiger partial charge in [0.2, 0.25) is 0 Å². The van der Waals surface area contributed by atoms with Gasteiger partial charge in [-0.05, 0) is 6.42 Å². The average molecular weight is 131 g/mol. The Morgan fingerprint density at radius 1 is 1.88 bits per heavy atom. The SMILES string of the molecule is C=CCCNC(=O)S. The van der Waals surface area contributed by atoms with E-state index < -0.39 is 0 Å². The molecule has 0 heterocycles. The Hall–Kier alpha value is -0.440. The van der Waals surface area contributed by atoms with Gasteiger partial charge in [0.15, 0.2) is 0 Å². The van der Waals surface area contributed by atoms with Gasteiger partial charge in [0.25, 0.3) is 5.24 Å². The Morgan fingerprint density at radius 2 is 2.50 bits per heavy atom. The maximum absolute atomic E-state index is 10.0. The Morgan fingerprint density at radius 3 is 2.88 bits per heavy atom. The average Bonchev–Trinajstić information content (AvgIpc) is 1.66. The van der Waals surface area contributed by atoms with Crippen molar-refractivity contribution in [3.8, 4) is 0 Å². The predicted molar refractivity (Wildman–Crippen MR) is 37.2 cm³/mol. The molecular weight excluding hydrogens is 122 g/mol. The molecule has 0 fully saturated rings. The molecule has 46 valence electrons. The van der Waals surface area contributed by atoms with E-state index in [-0.39, 0.29) is 5.24 Å². The maximum Gasteiger partial charge on any atom is 0.275 e. The van der Waals surface area contributed by atoms with Gasteiger partial charge in [-0.15, -0.1) is 6.58 Å². The third-order valence-corrected chi connectivity index (χ3v) is 0.783. The first-order chi connectivity index (χ1) is 3.77. The van der Waals surface area contributed by atoms with Crippen molar-refractivity contribution in [1.82, 2.24) is 5.32 Å². The van der Waals surface area contributed by atoms with E-state index in [0.29, 0.717) is 6.54 Å². The smallest absolute Gasteiger partial charge is 0.275 e. The second kappa shape index (κ2) is 4.71. The second-order valence-electron chi connectivity index (χ2n) is 1.31. The lowest BCUT2D eigenvalue weighted by molar-refractivity contribution is 0.261. The van der Waals surface area contributed by atoms with E-state index >= 15 is 0 Å². The summed E-state index contributed by atoms with van der Waals surface area (Å²) >= 11 is 3.49. The second-order valence-corrected chi connectivity index (χ2v) is 1.72. The molecule has 0 aromatic rings. The molecule has 0 saturated heterocycles. The molecule has 0 aliphatic carbocycles. The molecule has 0 aromatic heterocycles. The van der Waals surface area contributed by atoms with Crippen molar-refractivity contribution in [3.63, 3.8) is 0 Å². The third kappa shape index (κ3) is 5.56. The number of hydrogen-bond donors (Lipinski definition) is 2. The highest BCUT2D eigenvalue weighted by Crippen LogP contribution is 1.78. The molecule has 0 aromatic carbocycles. The van der Waals surface area contributed by atoms with Crippen LogP contribution in [0.25, 0.3) is 0 Å². The number of carbonyl (C=O) groups is 1. The number of hydrogen-bond acceptors (Lipinski definition) is 1. The fraction of sp³-hybridized carbons (Fsp3) is 0.400. The molecule has 0 radical (unpaired) electrons. The molecule has 0 saturated carbocycles. The molecule has 0 atom stereocenters. The lowest BCUT2D eigenvalue weighted by Crippen LogP contribution is -2.16. The van der Waals surface area contributed by atoms with Crippen LogP contribution in [0, 0.1) is 0 Å². The standard InChI is InChI=1S/C5H9NOS/c1-2-3-4-6-5(7)8/h2H,1,3-4H2,(H2,6,7,8). The number of thiol groups is 1. The van der Waals surface area contributed by atoms with Crippen molar-refractivity contribution >= 4 is 17.9 Å². The van der Waals surface area contributed by atoms with Gasteiger partial charge in [0.1, 0.15) is 0 Å². The molecule has 0 unspecified atom stereocenters. The maximum atomic E-state index is 10.0. The van der Waals surface area contributed by atoms with Crippen LogP contribution in [0.15, 0.2) is 12.7 Å². The van der Waals surface area contributed by atoms with E-state index in [4.69, 9.17) is 0 Å². The molecule has 1 amide bonds. The Bertz CT molecular complexity index is 92.4. The molecule has 0 bridgehead atoms.